The predicted molar refractivity (Wildman–Crippen MR) is 75.9 cm³/mol. The van der Waals surface area contributed by atoms with Gasteiger partial charge in [-0.2, -0.15) is 0 Å². The number of halogens is 1. The van der Waals surface area contributed by atoms with Gasteiger partial charge < -0.3 is 16.0 Å². The Kier molecular flexibility index (Phi) is 5.95. The first-order valence-electron chi connectivity index (χ1n) is 6.04. The van der Waals surface area contributed by atoms with Gasteiger partial charge in [-0.05, 0) is 30.2 Å². The predicted octanol–water partition coefficient (Wildman–Crippen LogP) is 1.76. The summed E-state index contributed by atoms with van der Waals surface area (Å²) in [5, 5.41) is 3.50. The molecule has 0 heterocycles. The average molecular weight is 270 g/mol. The van der Waals surface area contributed by atoms with Crippen LogP contribution >= 0.6 is 11.6 Å². The molecule has 5 heteroatoms. The van der Waals surface area contributed by atoms with Gasteiger partial charge in [0, 0.05) is 30.8 Å². The number of carbonyl (C=O) groups is 1. The van der Waals surface area contributed by atoms with Crippen LogP contribution in [0.2, 0.25) is 5.02 Å². The zero-order valence-electron chi connectivity index (χ0n) is 10.9. The van der Waals surface area contributed by atoms with Crippen molar-refractivity contribution in [2.24, 2.45) is 5.73 Å². The second-order valence-electron chi connectivity index (χ2n) is 4.18. The Labute approximate surface area is 113 Å². The van der Waals surface area contributed by atoms with Crippen LogP contribution in [0, 0.1) is 0 Å². The molecule has 0 saturated heterocycles. The molecule has 4 nitrogen and oxygen atoms in total. The third kappa shape index (κ3) is 4.20. The smallest absolute Gasteiger partial charge is 0.239 e. The summed E-state index contributed by atoms with van der Waals surface area (Å²) >= 11 is 5.92. The van der Waals surface area contributed by atoms with E-state index in [9.17, 15) is 4.79 Å². The fourth-order valence-electron chi connectivity index (χ4n) is 1.71. The number of nitrogens with one attached hydrogen (secondary N) is 1. The molecule has 0 aliphatic heterocycles. The van der Waals surface area contributed by atoms with Crippen molar-refractivity contribution < 1.29 is 4.79 Å². The Morgan fingerprint density at radius 3 is 2.83 bits per heavy atom. The lowest BCUT2D eigenvalue weighted by Gasteiger charge is -2.21. The van der Waals surface area contributed by atoms with Crippen molar-refractivity contribution in [3.63, 3.8) is 0 Å². The molecule has 0 fully saturated rings. The highest BCUT2D eigenvalue weighted by Crippen LogP contribution is 2.22. The molecule has 0 aromatic heterocycles. The van der Waals surface area contributed by atoms with E-state index in [4.69, 9.17) is 17.3 Å². The van der Waals surface area contributed by atoms with Crippen LogP contribution in [-0.4, -0.2) is 26.0 Å². The molecule has 18 heavy (non-hydrogen) atoms. The zero-order valence-corrected chi connectivity index (χ0v) is 11.6. The maximum Gasteiger partial charge on any atom is 0.239 e. The molecule has 1 aromatic rings. The van der Waals surface area contributed by atoms with Gasteiger partial charge in [0.2, 0.25) is 5.91 Å². The monoisotopic (exact) mass is 269 g/mol. The number of rotatable bonds is 6. The van der Waals surface area contributed by atoms with E-state index < -0.39 is 0 Å². The molecule has 0 aliphatic carbocycles. The van der Waals surface area contributed by atoms with Crippen LogP contribution < -0.4 is 16.0 Å². The number of carbonyl (C=O) groups excluding carboxylic acids is 1. The second-order valence-corrected chi connectivity index (χ2v) is 4.62. The number of benzene rings is 1. The number of anilines is 1. The van der Waals surface area contributed by atoms with E-state index >= 15 is 0 Å². The summed E-state index contributed by atoms with van der Waals surface area (Å²) in [5.74, 6) is 0.0114. The van der Waals surface area contributed by atoms with Gasteiger partial charge in [-0.1, -0.05) is 18.5 Å². The van der Waals surface area contributed by atoms with E-state index in [0.717, 1.165) is 17.7 Å². The quantitative estimate of drug-likeness (QED) is 0.827. The van der Waals surface area contributed by atoms with Crippen LogP contribution in [-0.2, 0) is 11.3 Å². The lowest BCUT2D eigenvalue weighted by molar-refractivity contribution is -0.119. The van der Waals surface area contributed by atoms with E-state index in [-0.39, 0.29) is 5.91 Å². The van der Waals surface area contributed by atoms with E-state index in [1.54, 1.807) is 6.07 Å². The van der Waals surface area contributed by atoms with Crippen molar-refractivity contribution in [3.8, 4) is 0 Å². The van der Waals surface area contributed by atoms with Crippen molar-refractivity contribution in [1.29, 1.82) is 0 Å². The number of likely N-dealkylation sites (N-methyl/N-ethyl adjacent to an activating group) is 1. The molecule has 1 rings (SSSR count). The van der Waals surface area contributed by atoms with Crippen molar-refractivity contribution in [2.75, 3.05) is 25.0 Å². The van der Waals surface area contributed by atoms with Gasteiger partial charge in [-0.3, -0.25) is 4.79 Å². The Hall–Kier alpha value is -1.26. The third-order valence-electron chi connectivity index (χ3n) is 2.63. The molecule has 0 atom stereocenters. The number of amides is 1. The molecule has 0 spiro atoms. The van der Waals surface area contributed by atoms with Gasteiger partial charge in [0.15, 0.2) is 0 Å². The molecule has 0 radical (unpaired) electrons. The van der Waals surface area contributed by atoms with Gasteiger partial charge in [0.05, 0.1) is 6.54 Å². The second kappa shape index (κ2) is 7.24. The summed E-state index contributed by atoms with van der Waals surface area (Å²) in [6.45, 7) is 3.44. The van der Waals surface area contributed by atoms with Crippen molar-refractivity contribution in [3.05, 3.63) is 28.8 Å². The Morgan fingerprint density at radius 1 is 1.50 bits per heavy atom. The molecular weight excluding hydrogens is 250 g/mol. The average Bonchev–Trinajstić information content (AvgIpc) is 2.35. The highest BCUT2D eigenvalue weighted by Gasteiger charge is 2.10. The lowest BCUT2D eigenvalue weighted by atomic mass is 10.1. The van der Waals surface area contributed by atoms with Crippen molar-refractivity contribution in [2.45, 2.75) is 19.9 Å². The summed E-state index contributed by atoms with van der Waals surface area (Å²) in [5.41, 5.74) is 7.56. The van der Waals surface area contributed by atoms with Crippen LogP contribution in [0.4, 0.5) is 5.69 Å². The van der Waals surface area contributed by atoms with E-state index in [2.05, 4.69) is 5.32 Å². The minimum atomic E-state index is 0.0114. The van der Waals surface area contributed by atoms with Gasteiger partial charge in [-0.25, -0.2) is 0 Å². The largest absolute Gasteiger partial charge is 0.365 e. The van der Waals surface area contributed by atoms with Crippen LogP contribution in [0.1, 0.15) is 18.9 Å². The number of hydrogen-bond donors (Lipinski definition) is 2. The van der Waals surface area contributed by atoms with Crippen molar-refractivity contribution >= 4 is 23.2 Å². The normalized spacial score (nSPS) is 10.2. The molecule has 1 amide bonds. The van der Waals surface area contributed by atoms with Gasteiger partial charge in [0.25, 0.3) is 0 Å². The lowest BCUT2D eigenvalue weighted by Crippen LogP contribution is -2.35. The zero-order chi connectivity index (χ0) is 13.5. The summed E-state index contributed by atoms with van der Waals surface area (Å²) < 4.78 is 0. The van der Waals surface area contributed by atoms with Gasteiger partial charge in [0.1, 0.15) is 0 Å². The number of nitrogens with two attached hydrogens (primary N) is 1. The number of hydrogen-bond acceptors (Lipinski definition) is 3. The Balaban J connectivity index is 2.71. The fraction of sp³-hybridized carbons (Fsp3) is 0.462. The number of nitrogens with zero attached hydrogens (tertiary/aromatic N) is 1. The topological polar surface area (TPSA) is 58.4 Å². The maximum atomic E-state index is 11.6. The van der Waals surface area contributed by atoms with E-state index in [1.807, 2.05) is 31.0 Å². The molecule has 0 bridgehead atoms. The van der Waals surface area contributed by atoms with Crippen molar-refractivity contribution in [1.82, 2.24) is 5.32 Å². The van der Waals surface area contributed by atoms with Crippen LogP contribution in [0.5, 0.6) is 0 Å². The van der Waals surface area contributed by atoms with Crippen LogP contribution in [0.25, 0.3) is 0 Å². The summed E-state index contributed by atoms with van der Waals surface area (Å²) in [4.78, 5) is 13.5. The highest BCUT2D eigenvalue weighted by atomic mass is 35.5. The SMILES string of the molecule is CCCNC(=O)CN(C)c1ccc(Cl)cc1CN. The molecule has 1 aromatic carbocycles. The summed E-state index contributed by atoms with van der Waals surface area (Å²) in [6.07, 6.45) is 0.935. The first kappa shape index (κ1) is 14.8. The fourth-order valence-corrected chi connectivity index (χ4v) is 1.91. The Morgan fingerprint density at radius 2 is 2.22 bits per heavy atom. The van der Waals surface area contributed by atoms with Gasteiger partial charge >= 0.3 is 0 Å². The summed E-state index contributed by atoms with van der Waals surface area (Å²) in [6, 6.07) is 5.52. The standard InChI is InChI=1S/C13H20ClN3O/c1-3-6-16-13(18)9-17(2)12-5-4-11(14)7-10(12)8-15/h4-5,7H,3,6,8-9,15H2,1-2H3,(H,16,18). The molecule has 0 unspecified atom stereocenters. The highest BCUT2D eigenvalue weighted by molar-refractivity contribution is 6.30. The molecule has 100 valence electrons. The van der Waals surface area contributed by atoms with E-state index in [1.165, 1.54) is 0 Å². The minimum Gasteiger partial charge on any atom is -0.365 e. The maximum absolute atomic E-state index is 11.6. The molecule has 0 aliphatic rings. The first-order chi connectivity index (χ1) is 8.58. The first-order valence-corrected chi connectivity index (χ1v) is 6.42. The Bertz CT molecular complexity index is 409. The minimum absolute atomic E-state index is 0.0114. The van der Waals surface area contributed by atoms with E-state index in [0.29, 0.717) is 24.7 Å². The molecular formula is C13H20ClN3O. The van der Waals surface area contributed by atoms with Crippen LogP contribution in [0.15, 0.2) is 18.2 Å². The molecule has 0 saturated carbocycles. The third-order valence-corrected chi connectivity index (χ3v) is 2.86. The van der Waals surface area contributed by atoms with Crippen LogP contribution in [0.3, 0.4) is 0 Å². The molecule has 3 N–H and O–H groups in total. The van der Waals surface area contributed by atoms with Gasteiger partial charge in [-0.15, -0.1) is 0 Å². The summed E-state index contributed by atoms with van der Waals surface area (Å²) in [7, 11) is 1.87.